The zero-order chi connectivity index (χ0) is 20.0. The maximum absolute atomic E-state index is 13.0. The SMILES string of the molecule is O=C(Nc1ccccc1)c1sc2ncnc3c2c1NC(=O)N3c1cccc(Br)c1. The molecule has 2 aromatic heterocycles. The number of urea groups is 1. The highest BCUT2D eigenvalue weighted by atomic mass is 79.9. The lowest BCUT2D eigenvalue weighted by molar-refractivity contribution is 0.103. The third-order valence-corrected chi connectivity index (χ3v) is 6.01. The number of rotatable bonds is 3. The van der Waals surface area contributed by atoms with Crippen molar-refractivity contribution in [1.29, 1.82) is 0 Å². The minimum atomic E-state index is -0.386. The Bertz CT molecular complexity index is 1270. The smallest absolute Gasteiger partial charge is 0.321 e. The number of nitrogens with zero attached hydrogens (tertiary/aromatic N) is 3. The van der Waals surface area contributed by atoms with E-state index in [0.717, 1.165) is 4.47 Å². The molecule has 0 aliphatic carbocycles. The molecule has 3 heterocycles. The van der Waals surface area contributed by atoms with E-state index in [-0.39, 0.29) is 11.9 Å². The van der Waals surface area contributed by atoms with Crippen molar-refractivity contribution in [3.63, 3.8) is 0 Å². The van der Waals surface area contributed by atoms with Crippen LogP contribution in [-0.2, 0) is 0 Å². The summed E-state index contributed by atoms with van der Waals surface area (Å²) in [5, 5.41) is 6.35. The normalized spacial score (nSPS) is 12.7. The Morgan fingerprint density at radius 3 is 2.72 bits per heavy atom. The molecule has 1 aliphatic rings. The summed E-state index contributed by atoms with van der Waals surface area (Å²) >= 11 is 4.65. The molecule has 0 saturated heterocycles. The number of hydrogen-bond donors (Lipinski definition) is 2. The van der Waals surface area contributed by atoms with Gasteiger partial charge in [-0.1, -0.05) is 40.2 Å². The molecule has 0 unspecified atom stereocenters. The van der Waals surface area contributed by atoms with Gasteiger partial charge in [-0.15, -0.1) is 11.3 Å². The van der Waals surface area contributed by atoms with E-state index in [1.807, 2.05) is 42.5 Å². The predicted octanol–water partition coefficient (Wildman–Crippen LogP) is 5.39. The molecule has 7 nitrogen and oxygen atoms in total. The lowest BCUT2D eigenvalue weighted by Gasteiger charge is -2.27. The summed E-state index contributed by atoms with van der Waals surface area (Å²) in [6, 6.07) is 16.1. The van der Waals surface area contributed by atoms with Gasteiger partial charge in [0.15, 0.2) is 5.82 Å². The van der Waals surface area contributed by atoms with Crippen LogP contribution < -0.4 is 15.5 Å². The van der Waals surface area contributed by atoms with Crippen LogP contribution in [0.1, 0.15) is 9.67 Å². The first-order valence-electron chi connectivity index (χ1n) is 8.62. The molecule has 0 fully saturated rings. The Balaban J connectivity index is 1.63. The number of nitrogens with one attached hydrogen (secondary N) is 2. The van der Waals surface area contributed by atoms with Crippen LogP contribution in [0.15, 0.2) is 65.4 Å². The average molecular weight is 466 g/mol. The number of carbonyl (C=O) groups excluding carboxylic acids is 2. The van der Waals surface area contributed by atoms with Crippen molar-refractivity contribution in [3.8, 4) is 0 Å². The number of carbonyl (C=O) groups is 2. The van der Waals surface area contributed by atoms with E-state index in [1.165, 1.54) is 22.6 Å². The summed E-state index contributed by atoms with van der Waals surface area (Å²) in [5.41, 5.74) is 1.76. The second kappa shape index (κ2) is 6.94. The third-order valence-electron chi connectivity index (χ3n) is 4.42. The van der Waals surface area contributed by atoms with Gasteiger partial charge in [-0.05, 0) is 30.3 Å². The molecule has 1 aliphatic heterocycles. The Hall–Kier alpha value is -3.30. The molecule has 29 heavy (non-hydrogen) atoms. The van der Waals surface area contributed by atoms with Crippen LogP contribution in [0.25, 0.3) is 10.2 Å². The summed E-state index contributed by atoms with van der Waals surface area (Å²) in [7, 11) is 0. The number of anilines is 4. The topological polar surface area (TPSA) is 87.2 Å². The Morgan fingerprint density at radius 1 is 1.10 bits per heavy atom. The fourth-order valence-electron chi connectivity index (χ4n) is 3.19. The lowest BCUT2D eigenvalue weighted by Crippen LogP contribution is -2.35. The van der Waals surface area contributed by atoms with Gasteiger partial charge in [-0.3, -0.25) is 4.79 Å². The van der Waals surface area contributed by atoms with Crippen LogP contribution in [0, 0.1) is 0 Å². The van der Waals surface area contributed by atoms with Crippen LogP contribution in [0.3, 0.4) is 0 Å². The van der Waals surface area contributed by atoms with Gasteiger partial charge in [-0.25, -0.2) is 19.7 Å². The number of hydrogen-bond acceptors (Lipinski definition) is 5. The fourth-order valence-corrected chi connectivity index (χ4v) is 4.56. The molecule has 0 saturated carbocycles. The van der Waals surface area contributed by atoms with E-state index in [2.05, 4.69) is 36.5 Å². The maximum Gasteiger partial charge on any atom is 0.332 e. The van der Waals surface area contributed by atoms with Gasteiger partial charge in [0.1, 0.15) is 16.0 Å². The van der Waals surface area contributed by atoms with Gasteiger partial charge in [0.05, 0.1) is 16.8 Å². The quantitative estimate of drug-likeness (QED) is 0.424. The van der Waals surface area contributed by atoms with Crippen LogP contribution in [-0.4, -0.2) is 21.9 Å². The molecule has 2 N–H and O–H groups in total. The molecule has 142 valence electrons. The monoisotopic (exact) mass is 465 g/mol. The van der Waals surface area contributed by atoms with Crippen molar-refractivity contribution in [2.45, 2.75) is 0 Å². The van der Waals surface area contributed by atoms with Gasteiger partial charge >= 0.3 is 6.03 Å². The third kappa shape index (κ3) is 3.04. The number of thiophene rings is 1. The lowest BCUT2D eigenvalue weighted by atomic mass is 10.2. The molecule has 0 spiro atoms. The van der Waals surface area contributed by atoms with E-state index in [0.29, 0.717) is 38.0 Å². The van der Waals surface area contributed by atoms with Crippen LogP contribution in [0.4, 0.5) is 27.7 Å². The maximum atomic E-state index is 13.0. The molecule has 0 radical (unpaired) electrons. The van der Waals surface area contributed by atoms with Crippen molar-refractivity contribution in [3.05, 3.63) is 70.3 Å². The Labute approximate surface area is 177 Å². The van der Waals surface area contributed by atoms with Crippen molar-refractivity contribution in [2.75, 3.05) is 15.5 Å². The average Bonchev–Trinajstić information content (AvgIpc) is 3.09. The number of halogens is 1. The largest absolute Gasteiger partial charge is 0.332 e. The summed E-state index contributed by atoms with van der Waals surface area (Å²) in [4.78, 5) is 37.0. The minimum Gasteiger partial charge on any atom is -0.321 e. The van der Waals surface area contributed by atoms with Crippen molar-refractivity contribution >= 4 is 72.3 Å². The minimum absolute atomic E-state index is 0.309. The first kappa shape index (κ1) is 17.8. The van der Waals surface area contributed by atoms with E-state index in [4.69, 9.17) is 0 Å². The zero-order valence-corrected chi connectivity index (χ0v) is 17.1. The highest BCUT2D eigenvalue weighted by molar-refractivity contribution is 9.10. The zero-order valence-electron chi connectivity index (χ0n) is 14.7. The van der Waals surface area contributed by atoms with Crippen molar-refractivity contribution in [2.24, 2.45) is 0 Å². The van der Waals surface area contributed by atoms with Gasteiger partial charge in [-0.2, -0.15) is 0 Å². The molecule has 4 aromatic rings. The Kier molecular flexibility index (Phi) is 4.26. The van der Waals surface area contributed by atoms with E-state index >= 15 is 0 Å². The van der Waals surface area contributed by atoms with Gasteiger partial charge in [0.2, 0.25) is 0 Å². The van der Waals surface area contributed by atoms with Crippen molar-refractivity contribution in [1.82, 2.24) is 9.97 Å². The van der Waals surface area contributed by atoms with E-state index < -0.39 is 0 Å². The molecule has 5 rings (SSSR count). The highest BCUT2D eigenvalue weighted by Gasteiger charge is 2.33. The van der Waals surface area contributed by atoms with E-state index in [9.17, 15) is 9.59 Å². The van der Waals surface area contributed by atoms with Crippen LogP contribution in [0.5, 0.6) is 0 Å². The predicted molar refractivity (Wildman–Crippen MR) is 117 cm³/mol. The molecule has 0 bridgehead atoms. The molecular formula is C20H12BrN5O2S. The van der Waals surface area contributed by atoms with Crippen LogP contribution in [0.2, 0.25) is 0 Å². The molecular weight excluding hydrogens is 454 g/mol. The highest BCUT2D eigenvalue weighted by Crippen LogP contribution is 2.44. The molecule has 0 atom stereocenters. The van der Waals surface area contributed by atoms with Gasteiger partial charge < -0.3 is 10.6 Å². The number of amides is 3. The second-order valence-electron chi connectivity index (χ2n) is 6.25. The summed E-state index contributed by atoms with van der Waals surface area (Å²) in [6.45, 7) is 0. The summed E-state index contributed by atoms with van der Waals surface area (Å²) in [5.74, 6) is 0.137. The standard InChI is InChI=1S/C20H12BrN5O2S/c21-11-5-4-8-13(9-11)26-17-14-15(25-20(26)28)16(29-19(14)23-10-22-17)18(27)24-12-6-2-1-3-7-12/h1-10H,(H,24,27)(H,25,28). The molecule has 9 heteroatoms. The number of aromatic nitrogens is 2. The first-order chi connectivity index (χ1) is 14.1. The van der Waals surface area contributed by atoms with Gasteiger partial charge in [0.25, 0.3) is 5.91 Å². The molecule has 2 aromatic carbocycles. The van der Waals surface area contributed by atoms with Crippen molar-refractivity contribution < 1.29 is 9.59 Å². The molecule has 3 amide bonds. The first-order valence-corrected chi connectivity index (χ1v) is 10.2. The summed E-state index contributed by atoms with van der Waals surface area (Å²) in [6.07, 6.45) is 1.40. The van der Waals surface area contributed by atoms with Crippen LogP contribution >= 0.6 is 27.3 Å². The van der Waals surface area contributed by atoms with Gasteiger partial charge in [0, 0.05) is 10.2 Å². The summed E-state index contributed by atoms with van der Waals surface area (Å²) < 4.78 is 0.840. The Morgan fingerprint density at radius 2 is 1.93 bits per heavy atom. The fraction of sp³-hybridized carbons (Fsp3) is 0. The van der Waals surface area contributed by atoms with E-state index in [1.54, 1.807) is 12.1 Å². The number of benzene rings is 2. The number of para-hydroxylation sites is 1. The second-order valence-corrected chi connectivity index (χ2v) is 8.16.